The van der Waals surface area contributed by atoms with E-state index in [0.717, 1.165) is 16.9 Å². The summed E-state index contributed by atoms with van der Waals surface area (Å²) < 4.78 is 32.4. The molecule has 0 aliphatic carbocycles. The maximum absolute atomic E-state index is 12.6. The molecule has 130 valence electrons. The van der Waals surface area contributed by atoms with Crippen molar-refractivity contribution in [1.29, 1.82) is 0 Å². The quantitative estimate of drug-likeness (QED) is 0.831. The summed E-state index contributed by atoms with van der Waals surface area (Å²) in [5.41, 5.74) is 1.93. The van der Waals surface area contributed by atoms with E-state index in [0.29, 0.717) is 5.56 Å². The number of aryl methyl sites for hydroxylation is 1. The van der Waals surface area contributed by atoms with E-state index in [1.807, 2.05) is 0 Å². The average molecular weight is 367 g/mol. The maximum Gasteiger partial charge on any atom is 0.350 e. The van der Waals surface area contributed by atoms with E-state index >= 15 is 0 Å². The standard InChI is InChI=1S/C17H21NO4S2/c1-11-10-23-15(16(19)22-5)14(11)18-24(20,21)13-8-6-12(7-9-13)17(2,3)4/h6-10,18H,1-5H3. The van der Waals surface area contributed by atoms with Gasteiger partial charge >= 0.3 is 5.97 Å². The number of ether oxygens (including phenoxy) is 1. The molecule has 0 unspecified atom stereocenters. The molecule has 7 heteroatoms. The second-order valence-corrected chi connectivity index (χ2v) is 9.06. The first kappa shape index (κ1) is 18.5. The third-order valence-electron chi connectivity index (χ3n) is 3.61. The molecular weight excluding hydrogens is 346 g/mol. The van der Waals surface area contributed by atoms with Crippen LogP contribution in [0.3, 0.4) is 0 Å². The molecule has 0 radical (unpaired) electrons. The molecule has 1 N–H and O–H groups in total. The van der Waals surface area contributed by atoms with E-state index < -0.39 is 16.0 Å². The van der Waals surface area contributed by atoms with Crippen molar-refractivity contribution in [3.8, 4) is 0 Å². The minimum atomic E-state index is -3.78. The number of anilines is 1. The largest absolute Gasteiger partial charge is 0.465 e. The highest BCUT2D eigenvalue weighted by atomic mass is 32.2. The Morgan fingerprint density at radius 3 is 2.25 bits per heavy atom. The fraction of sp³-hybridized carbons (Fsp3) is 0.353. The van der Waals surface area contributed by atoms with Gasteiger partial charge in [0.25, 0.3) is 10.0 Å². The molecule has 1 heterocycles. The van der Waals surface area contributed by atoms with E-state index in [1.165, 1.54) is 7.11 Å². The Kier molecular flexibility index (Phi) is 5.05. The van der Waals surface area contributed by atoms with Crippen LogP contribution in [0.25, 0.3) is 0 Å². The second-order valence-electron chi connectivity index (χ2n) is 6.49. The monoisotopic (exact) mass is 367 g/mol. The van der Waals surface area contributed by atoms with Gasteiger partial charge in [0.05, 0.1) is 17.7 Å². The molecule has 0 spiro atoms. The topological polar surface area (TPSA) is 72.5 Å². The van der Waals surface area contributed by atoms with Crippen molar-refractivity contribution in [3.05, 3.63) is 45.6 Å². The van der Waals surface area contributed by atoms with Gasteiger partial charge in [0.15, 0.2) is 0 Å². The maximum atomic E-state index is 12.6. The van der Waals surface area contributed by atoms with E-state index in [9.17, 15) is 13.2 Å². The lowest BCUT2D eigenvalue weighted by molar-refractivity contribution is 0.0607. The number of rotatable bonds is 4. The molecule has 24 heavy (non-hydrogen) atoms. The molecular formula is C17H21NO4S2. The van der Waals surface area contributed by atoms with E-state index in [1.54, 1.807) is 36.6 Å². The van der Waals surface area contributed by atoms with Gasteiger partial charge in [0.1, 0.15) is 4.88 Å². The molecule has 0 amide bonds. The summed E-state index contributed by atoms with van der Waals surface area (Å²) >= 11 is 1.15. The summed E-state index contributed by atoms with van der Waals surface area (Å²) in [6.07, 6.45) is 0. The lowest BCUT2D eigenvalue weighted by Gasteiger charge is -2.19. The first-order valence-electron chi connectivity index (χ1n) is 7.36. The second kappa shape index (κ2) is 6.57. The Labute approximate surface area is 146 Å². The zero-order valence-corrected chi connectivity index (χ0v) is 16.0. The van der Waals surface area contributed by atoms with Gasteiger partial charge in [0, 0.05) is 0 Å². The van der Waals surface area contributed by atoms with Gasteiger partial charge in [-0.25, -0.2) is 13.2 Å². The molecule has 0 aliphatic heterocycles. The summed E-state index contributed by atoms with van der Waals surface area (Å²) in [7, 11) is -2.52. The van der Waals surface area contributed by atoms with Gasteiger partial charge < -0.3 is 4.74 Å². The number of carbonyl (C=O) groups is 1. The molecule has 0 fully saturated rings. The molecule has 1 aromatic heterocycles. The van der Waals surface area contributed by atoms with Gasteiger partial charge in [-0.05, 0) is 41.0 Å². The predicted octanol–water partition coefficient (Wildman–Crippen LogP) is 3.94. The Hall–Kier alpha value is -1.86. The van der Waals surface area contributed by atoms with Crippen LogP contribution in [0.4, 0.5) is 5.69 Å². The highest BCUT2D eigenvalue weighted by Crippen LogP contribution is 2.31. The van der Waals surface area contributed by atoms with E-state index in [-0.39, 0.29) is 20.9 Å². The highest BCUT2D eigenvalue weighted by molar-refractivity contribution is 7.92. The van der Waals surface area contributed by atoms with Crippen molar-refractivity contribution >= 4 is 33.0 Å². The van der Waals surface area contributed by atoms with Crippen LogP contribution in [0, 0.1) is 6.92 Å². The van der Waals surface area contributed by atoms with Gasteiger partial charge in [-0.3, -0.25) is 4.72 Å². The number of hydrogen-bond acceptors (Lipinski definition) is 5. The van der Waals surface area contributed by atoms with Crippen LogP contribution in [0.5, 0.6) is 0 Å². The van der Waals surface area contributed by atoms with Crippen molar-refractivity contribution in [2.24, 2.45) is 0 Å². The third-order valence-corrected chi connectivity index (χ3v) is 6.06. The molecule has 0 atom stereocenters. The van der Waals surface area contributed by atoms with Crippen LogP contribution < -0.4 is 4.72 Å². The Balaban J connectivity index is 2.36. The summed E-state index contributed by atoms with van der Waals surface area (Å²) in [6, 6.07) is 6.75. The first-order chi connectivity index (χ1) is 11.1. The van der Waals surface area contributed by atoms with Crippen molar-refractivity contribution in [2.45, 2.75) is 38.0 Å². The van der Waals surface area contributed by atoms with Crippen LogP contribution in [0.2, 0.25) is 0 Å². The zero-order chi connectivity index (χ0) is 18.1. The van der Waals surface area contributed by atoms with Gasteiger partial charge in [0.2, 0.25) is 0 Å². The third kappa shape index (κ3) is 3.79. The molecule has 0 bridgehead atoms. The van der Waals surface area contributed by atoms with Gasteiger partial charge in [-0.2, -0.15) is 0 Å². The number of benzene rings is 1. The normalized spacial score (nSPS) is 12.0. The lowest BCUT2D eigenvalue weighted by Crippen LogP contribution is -2.16. The molecule has 2 rings (SSSR count). The molecule has 1 aromatic carbocycles. The number of methoxy groups -OCH3 is 1. The van der Waals surface area contributed by atoms with Crippen molar-refractivity contribution in [2.75, 3.05) is 11.8 Å². The lowest BCUT2D eigenvalue weighted by atomic mass is 9.87. The van der Waals surface area contributed by atoms with Gasteiger partial charge in [-0.1, -0.05) is 32.9 Å². The van der Waals surface area contributed by atoms with Crippen LogP contribution in [-0.4, -0.2) is 21.5 Å². The van der Waals surface area contributed by atoms with Crippen LogP contribution in [-0.2, 0) is 20.2 Å². The minimum absolute atomic E-state index is 0.0578. The molecule has 0 aliphatic rings. The van der Waals surface area contributed by atoms with Crippen molar-refractivity contribution in [3.63, 3.8) is 0 Å². The van der Waals surface area contributed by atoms with Gasteiger partial charge in [-0.15, -0.1) is 11.3 Å². The fourth-order valence-electron chi connectivity index (χ4n) is 2.14. The number of esters is 1. The summed E-state index contributed by atoms with van der Waals surface area (Å²) in [5.74, 6) is -0.561. The first-order valence-corrected chi connectivity index (χ1v) is 9.72. The molecule has 0 saturated heterocycles. The Morgan fingerprint density at radius 1 is 1.17 bits per heavy atom. The number of hydrogen-bond donors (Lipinski definition) is 1. The van der Waals surface area contributed by atoms with Crippen molar-refractivity contribution < 1.29 is 17.9 Å². The summed E-state index contributed by atoms with van der Waals surface area (Å²) in [4.78, 5) is 12.2. The Morgan fingerprint density at radius 2 is 1.75 bits per heavy atom. The van der Waals surface area contributed by atoms with Crippen LogP contribution in [0.15, 0.2) is 34.5 Å². The molecule has 2 aromatic rings. The van der Waals surface area contributed by atoms with Crippen LogP contribution in [0.1, 0.15) is 41.6 Å². The number of sulfonamides is 1. The van der Waals surface area contributed by atoms with E-state index in [4.69, 9.17) is 4.74 Å². The van der Waals surface area contributed by atoms with Crippen molar-refractivity contribution in [1.82, 2.24) is 0 Å². The Bertz CT molecular complexity index is 844. The predicted molar refractivity (Wildman–Crippen MR) is 96.3 cm³/mol. The summed E-state index contributed by atoms with van der Waals surface area (Å²) in [5, 5.41) is 1.72. The number of carbonyl (C=O) groups excluding carboxylic acids is 1. The zero-order valence-electron chi connectivity index (χ0n) is 14.3. The van der Waals surface area contributed by atoms with E-state index in [2.05, 4.69) is 25.5 Å². The number of thiophene rings is 1. The SMILES string of the molecule is COC(=O)c1scc(C)c1NS(=O)(=O)c1ccc(C(C)(C)C)cc1. The highest BCUT2D eigenvalue weighted by Gasteiger charge is 2.23. The average Bonchev–Trinajstić information content (AvgIpc) is 2.86. The molecule has 0 saturated carbocycles. The smallest absolute Gasteiger partial charge is 0.350 e. The molecule has 5 nitrogen and oxygen atoms in total. The van der Waals surface area contributed by atoms with Crippen LogP contribution >= 0.6 is 11.3 Å². The number of nitrogens with one attached hydrogen (secondary N) is 1. The summed E-state index contributed by atoms with van der Waals surface area (Å²) in [6.45, 7) is 7.92. The fourth-order valence-corrected chi connectivity index (χ4v) is 4.27. The minimum Gasteiger partial charge on any atom is -0.465 e.